The molecule has 0 radical (unpaired) electrons. The van der Waals surface area contributed by atoms with Gasteiger partial charge < -0.3 is 20.7 Å². The summed E-state index contributed by atoms with van der Waals surface area (Å²) >= 11 is 0. The van der Waals surface area contributed by atoms with Crippen LogP contribution in [0, 0.1) is 5.41 Å². The van der Waals surface area contributed by atoms with Gasteiger partial charge in [0.05, 0.1) is 12.6 Å². The van der Waals surface area contributed by atoms with Gasteiger partial charge in [-0.3, -0.25) is 9.79 Å². The molecule has 3 N–H and O–H groups in total. The lowest BCUT2D eigenvalue weighted by Crippen LogP contribution is -2.63. The van der Waals surface area contributed by atoms with Crippen molar-refractivity contribution in [1.29, 1.82) is 0 Å². The highest BCUT2D eigenvalue weighted by atomic mass is 127. The molecule has 0 aromatic rings. The zero-order chi connectivity index (χ0) is 15.3. The first-order valence-electron chi connectivity index (χ1n) is 7.10. The average molecular weight is 412 g/mol. The van der Waals surface area contributed by atoms with Gasteiger partial charge >= 0.3 is 0 Å². The predicted molar refractivity (Wildman–Crippen MR) is 96.2 cm³/mol. The van der Waals surface area contributed by atoms with E-state index in [0.29, 0.717) is 12.0 Å². The summed E-state index contributed by atoms with van der Waals surface area (Å²) < 4.78 is 5.42. The molecule has 7 heteroatoms. The largest absolute Gasteiger partial charge is 0.381 e. The van der Waals surface area contributed by atoms with E-state index in [4.69, 9.17) is 4.74 Å². The minimum atomic E-state index is -0.0365. The molecule has 0 bridgehead atoms. The van der Waals surface area contributed by atoms with E-state index in [1.165, 1.54) is 0 Å². The summed E-state index contributed by atoms with van der Waals surface area (Å²) in [6, 6.07) is 0.444. The van der Waals surface area contributed by atoms with Gasteiger partial charge in [0.15, 0.2) is 5.96 Å². The summed E-state index contributed by atoms with van der Waals surface area (Å²) in [5, 5.41) is 9.21. The third-order valence-electron chi connectivity index (χ3n) is 3.86. The van der Waals surface area contributed by atoms with Crippen molar-refractivity contribution in [2.24, 2.45) is 10.4 Å². The maximum Gasteiger partial charge on any atom is 0.239 e. The molecule has 1 amide bonds. The Kier molecular flexibility index (Phi) is 8.53. The summed E-state index contributed by atoms with van der Waals surface area (Å²) in [7, 11) is 3.45. The van der Waals surface area contributed by atoms with Gasteiger partial charge in [0.25, 0.3) is 0 Å². The number of rotatable bonds is 5. The van der Waals surface area contributed by atoms with Crippen LogP contribution in [0.25, 0.3) is 0 Å². The van der Waals surface area contributed by atoms with Gasteiger partial charge in [0.2, 0.25) is 5.91 Å². The van der Waals surface area contributed by atoms with E-state index < -0.39 is 0 Å². The molecule has 21 heavy (non-hydrogen) atoms. The van der Waals surface area contributed by atoms with E-state index in [1.807, 2.05) is 13.8 Å². The Morgan fingerprint density at radius 1 is 1.43 bits per heavy atom. The number of carbonyl (C=O) groups is 1. The van der Waals surface area contributed by atoms with Crippen LogP contribution in [-0.2, 0) is 9.53 Å². The lowest BCUT2D eigenvalue weighted by molar-refractivity contribution is -0.120. The Balaban J connectivity index is 0.00000400. The number of nitrogens with one attached hydrogen (secondary N) is 3. The Morgan fingerprint density at radius 3 is 2.48 bits per heavy atom. The zero-order valence-corrected chi connectivity index (χ0v) is 16.1. The van der Waals surface area contributed by atoms with Crippen LogP contribution in [0.5, 0.6) is 0 Å². The molecular weight excluding hydrogens is 383 g/mol. The van der Waals surface area contributed by atoms with Crippen LogP contribution in [0.2, 0.25) is 0 Å². The number of ether oxygens (including phenoxy) is 1. The summed E-state index contributed by atoms with van der Waals surface area (Å²) in [6.45, 7) is 8.43. The normalized spacial score (nSPS) is 23.9. The van der Waals surface area contributed by atoms with E-state index in [2.05, 4.69) is 34.8 Å². The van der Waals surface area contributed by atoms with E-state index in [0.717, 1.165) is 6.42 Å². The molecule has 1 fully saturated rings. The molecule has 124 valence electrons. The predicted octanol–water partition coefficient (Wildman–Crippen LogP) is 1.11. The number of carbonyl (C=O) groups excluding carboxylic acids is 1. The van der Waals surface area contributed by atoms with Crippen molar-refractivity contribution in [2.45, 2.75) is 52.3 Å². The Morgan fingerprint density at radius 2 is 2.05 bits per heavy atom. The summed E-state index contributed by atoms with van der Waals surface area (Å²) in [5.41, 5.74) is 0.0621. The second-order valence-corrected chi connectivity index (χ2v) is 6.13. The first kappa shape index (κ1) is 20.4. The van der Waals surface area contributed by atoms with Crippen molar-refractivity contribution in [1.82, 2.24) is 16.0 Å². The molecule has 2 unspecified atom stereocenters. The van der Waals surface area contributed by atoms with Gasteiger partial charge in [-0.15, -0.1) is 24.0 Å². The molecule has 0 spiro atoms. The lowest BCUT2D eigenvalue weighted by Gasteiger charge is -2.51. The minimum absolute atomic E-state index is 0. The maximum atomic E-state index is 11.6. The van der Waals surface area contributed by atoms with Crippen LogP contribution >= 0.6 is 24.0 Å². The van der Waals surface area contributed by atoms with Crippen molar-refractivity contribution in [2.75, 3.05) is 20.7 Å². The Hall–Kier alpha value is -0.570. The maximum absolute atomic E-state index is 11.6. The number of amides is 1. The molecule has 6 nitrogen and oxygen atoms in total. The Labute approximate surface area is 144 Å². The van der Waals surface area contributed by atoms with Crippen LogP contribution in [-0.4, -0.2) is 50.8 Å². The van der Waals surface area contributed by atoms with Crippen molar-refractivity contribution in [3.05, 3.63) is 0 Å². The molecule has 0 heterocycles. The molecule has 0 aromatic carbocycles. The Bertz CT molecular complexity index is 372. The van der Waals surface area contributed by atoms with Gasteiger partial charge in [-0.05, 0) is 20.3 Å². The zero-order valence-electron chi connectivity index (χ0n) is 13.8. The molecule has 0 aliphatic heterocycles. The van der Waals surface area contributed by atoms with Crippen LogP contribution in [0.3, 0.4) is 0 Å². The van der Waals surface area contributed by atoms with Crippen LogP contribution in [0.15, 0.2) is 4.99 Å². The van der Waals surface area contributed by atoms with Gasteiger partial charge in [-0.25, -0.2) is 0 Å². The molecular formula is C14H29IN4O2. The van der Waals surface area contributed by atoms with Gasteiger partial charge in [-0.1, -0.05) is 13.8 Å². The monoisotopic (exact) mass is 412 g/mol. The number of methoxy groups -OCH3 is 1. The number of nitrogens with zero attached hydrogens (tertiary/aromatic N) is 1. The van der Waals surface area contributed by atoms with E-state index in [-0.39, 0.29) is 54.0 Å². The number of hydrogen-bond acceptors (Lipinski definition) is 3. The number of halogens is 1. The van der Waals surface area contributed by atoms with Gasteiger partial charge in [0.1, 0.15) is 0 Å². The molecule has 2 atom stereocenters. The first-order chi connectivity index (χ1) is 9.31. The first-order valence-corrected chi connectivity index (χ1v) is 7.10. The van der Waals surface area contributed by atoms with E-state index in [9.17, 15) is 4.79 Å². The van der Waals surface area contributed by atoms with Crippen LogP contribution in [0.4, 0.5) is 0 Å². The van der Waals surface area contributed by atoms with Crippen molar-refractivity contribution in [3.63, 3.8) is 0 Å². The van der Waals surface area contributed by atoms with Crippen molar-refractivity contribution < 1.29 is 9.53 Å². The summed E-state index contributed by atoms with van der Waals surface area (Å²) in [6.07, 6.45) is 1.21. The molecule has 1 aliphatic carbocycles. The highest BCUT2D eigenvalue weighted by Crippen LogP contribution is 2.42. The highest BCUT2D eigenvalue weighted by molar-refractivity contribution is 14.0. The van der Waals surface area contributed by atoms with Crippen molar-refractivity contribution in [3.8, 4) is 0 Å². The third kappa shape index (κ3) is 5.61. The fraction of sp³-hybridized carbons (Fsp3) is 0.857. The average Bonchev–Trinajstić information content (AvgIpc) is 2.36. The summed E-state index contributed by atoms with van der Waals surface area (Å²) in [4.78, 5) is 15.7. The van der Waals surface area contributed by atoms with E-state index >= 15 is 0 Å². The van der Waals surface area contributed by atoms with E-state index in [1.54, 1.807) is 14.2 Å². The van der Waals surface area contributed by atoms with Gasteiger partial charge in [0, 0.05) is 31.7 Å². The number of guanidine groups is 1. The standard InChI is InChI=1S/C14H28N4O2.HI/c1-9(2)17-12(19)8-16-13(15-5)18-10-7-11(20-6)14(10,3)4;/h9-11H,7-8H2,1-6H3,(H,17,19)(H2,15,16,18);1H. The summed E-state index contributed by atoms with van der Waals surface area (Å²) in [5.74, 6) is 0.613. The molecule has 1 aliphatic rings. The molecule has 0 aromatic heterocycles. The molecule has 1 rings (SSSR count). The van der Waals surface area contributed by atoms with Crippen molar-refractivity contribution >= 4 is 35.8 Å². The number of hydrogen-bond donors (Lipinski definition) is 3. The fourth-order valence-corrected chi connectivity index (χ4v) is 2.43. The fourth-order valence-electron chi connectivity index (χ4n) is 2.43. The second-order valence-electron chi connectivity index (χ2n) is 6.13. The lowest BCUT2D eigenvalue weighted by atomic mass is 9.64. The van der Waals surface area contributed by atoms with Crippen LogP contribution < -0.4 is 16.0 Å². The minimum Gasteiger partial charge on any atom is -0.381 e. The van der Waals surface area contributed by atoms with Crippen LogP contribution in [0.1, 0.15) is 34.1 Å². The molecule has 0 saturated heterocycles. The smallest absolute Gasteiger partial charge is 0.239 e. The topological polar surface area (TPSA) is 74.8 Å². The SMILES string of the molecule is CN=C(NCC(=O)NC(C)C)NC1CC(OC)C1(C)C.I. The highest BCUT2D eigenvalue weighted by Gasteiger charge is 2.48. The quantitative estimate of drug-likeness (QED) is 0.359. The number of aliphatic imine (C=N–C) groups is 1. The van der Waals surface area contributed by atoms with Gasteiger partial charge in [-0.2, -0.15) is 0 Å². The third-order valence-corrected chi connectivity index (χ3v) is 3.86. The second kappa shape index (κ2) is 8.77. The molecule has 1 saturated carbocycles.